The van der Waals surface area contributed by atoms with Crippen molar-refractivity contribution in [3.63, 3.8) is 0 Å². The van der Waals surface area contributed by atoms with Crippen LogP contribution in [0.1, 0.15) is 28.9 Å². The van der Waals surface area contributed by atoms with Gasteiger partial charge >= 0.3 is 0 Å². The zero-order chi connectivity index (χ0) is 16.7. The predicted octanol–water partition coefficient (Wildman–Crippen LogP) is 4.05. The SMILES string of the molecule is Cn1nc(CNCc2cccc3ccsc23)c2c1CCC(F)(F)C2. The Morgan fingerprint density at radius 2 is 2.17 bits per heavy atom. The molecule has 0 amide bonds. The van der Waals surface area contributed by atoms with Crippen LogP contribution in [0, 0.1) is 0 Å². The van der Waals surface area contributed by atoms with Gasteiger partial charge in [-0.05, 0) is 28.8 Å². The highest BCUT2D eigenvalue weighted by Crippen LogP contribution is 2.34. The summed E-state index contributed by atoms with van der Waals surface area (Å²) in [7, 11) is 1.85. The van der Waals surface area contributed by atoms with Crippen LogP contribution in [0.4, 0.5) is 8.78 Å². The summed E-state index contributed by atoms with van der Waals surface area (Å²) >= 11 is 1.73. The van der Waals surface area contributed by atoms with Gasteiger partial charge in [0.2, 0.25) is 0 Å². The van der Waals surface area contributed by atoms with Crippen molar-refractivity contribution in [2.75, 3.05) is 0 Å². The number of halogens is 2. The highest BCUT2D eigenvalue weighted by atomic mass is 32.1. The first-order valence-electron chi connectivity index (χ1n) is 8.11. The molecule has 24 heavy (non-hydrogen) atoms. The van der Waals surface area contributed by atoms with E-state index in [-0.39, 0.29) is 12.8 Å². The van der Waals surface area contributed by atoms with E-state index in [4.69, 9.17) is 0 Å². The molecule has 3 nitrogen and oxygen atoms in total. The molecule has 4 rings (SSSR count). The molecule has 0 atom stereocenters. The van der Waals surface area contributed by atoms with Gasteiger partial charge in [-0.2, -0.15) is 5.10 Å². The monoisotopic (exact) mass is 347 g/mol. The molecule has 0 fully saturated rings. The second-order valence-electron chi connectivity index (χ2n) is 6.39. The Morgan fingerprint density at radius 3 is 3.04 bits per heavy atom. The number of aromatic nitrogens is 2. The molecular weight excluding hydrogens is 328 g/mol. The number of fused-ring (bicyclic) bond motifs is 2. The van der Waals surface area contributed by atoms with Gasteiger partial charge < -0.3 is 5.32 Å². The van der Waals surface area contributed by atoms with Gasteiger partial charge in [0, 0.05) is 48.9 Å². The van der Waals surface area contributed by atoms with Crippen LogP contribution >= 0.6 is 11.3 Å². The van der Waals surface area contributed by atoms with E-state index in [0.717, 1.165) is 17.0 Å². The number of hydrogen-bond acceptors (Lipinski definition) is 3. The van der Waals surface area contributed by atoms with Crippen molar-refractivity contribution in [1.82, 2.24) is 15.1 Å². The van der Waals surface area contributed by atoms with E-state index in [2.05, 4.69) is 40.1 Å². The molecule has 1 aliphatic carbocycles. The lowest BCUT2D eigenvalue weighted by Gasteiger charge is -2.22. The topological polar surface area (TPSA) is 29.9 Å². The van der Waals surface area contributed by atoms with Gasteiger partial charge in [-0.1, -0.05) is 18.2 Å². The summed E-state index contributed by atoms with van der Waals surface area (Å²) in [6.07, 6.45) is 0.140. The van der Waals surface area contributed by atoms with E-state index in [1.54, 1.807) is 16.0 Å². The van der Waals surface area contributed by atoms with Crippen LogP contribution < -0.4 is 5.32 Å². The minimum absolute atomic E-state index is 0.0766. The molecule has 0 saturated heterocycles. The van der Waals surface area contributed by atoms with Crippen molar-refractivity contribution in [2.24, 2.45) is 7.05 Å². The number of alkyl halides is 2. The standard InChI is InChI=1S/C18H19F2N3S/c1-23-16-5-7-18(19,20)9-14(16)15(22-23)11-21-10-13-4-2-3-12-6-8-24-17(12)13/h2-4,6,8,21H,5,7,9-11H2,1H3. The molecule has 0 radical (unpaired) electrons. The molecule has 2 heterocycles. The molecule has 3 aromatic rings. The predicted molar refractivity (Wildman–Crippen MR) is 92.5 cm³/mol. The van der Waals surface area contributed by atoms with Gasteiger partial charge in [-0.25, -0.2) is 8.78 Å². The molecule has 1 N–H and O–H groups in total. The van der Waals surface area contributed by atoms with E-state index >= 15 is 0 Å². The molecule has 0 spiro atoms. The quantitative estimate of drug-likeness (QED) is 0.772. The highest BCUT2D eigenvalue weighted by Gasteiger charge is 2.37. The van der Waals surface area contributed by atoms with Crippen molar-refractivity contribution in [3.05, 3.63) is 52.2 Å². The summed E-state index contributed by atoms with van der Waals surface area (Å²) in [6.45, 7) is 1.22. The third kappa shape index (κ3) is 2.84. The fourth-order valence-corrected chi connectivity index (χ4v) is 4.40. The van der Waals surface area contributed by atoms with E-state index in [1.807, 2.05) is 7.05 Å². The molecule has 0 aliphatic heterocycles. The summed E-state index contributed by atoms with van der Waals surface area (Å²) in [5.74, 6) is -2.60. The third-order valence-electron chi connectivity index (χ3n) is 4.69. The van der Waals surface area contributed by atoms with Crippen LogP contribution in [-0.2, 0) is 33.0 Å². The first kappa shape index (κ1) is 15.7. The Balaban J connectivity index is 1.50. The Hall–Kier alpha value is -1.79. The van der Waals surface area contributed by atoms with Crippen molar-refractivity contribution in [3.8, 4) is 0 Å². The van der Waals surface area contributed by atoms with Gasteiger partial charge in [0.25, 0.3) is 5.92 Å². The number of rotatable bonds is 4. The average molecular weight is 347 g/mol. The molecule has 1 aliphatic rings. The lowest BCUT2D eigenvalue weighted by molar-refractivity contribution is -0.0130. The summed E-state index contributed by atoms with van der Waals surface area (Å²) in [5, 5.41) is 11.2. The van der Waals surface area contributed by atoms with Crippen molar-refractivity contribution in [1.29, 1.82) is 0 Å². The maximum absolute atomic E-state index is 13.7. The maximum atomic E-state index is 13.7. The minimum atomic E-state index is -2.60. The van der Waals surface area contributed by atoms with Crippen molar-refractivity contribution >= 4 is 21.4 Å². The Labute approximate surface area is 143 Å². The molecular formula is C18H19F2N3S. The van der Waals surface area contributed by atoms with Crippen LogP contribution in [0.3, 0.4) is 0 Å². The zero-order valence-corrected chi connectivity index (χ0v) is 14.3. The summed E-state index contributed by atoms with van der Waals surface area (Å²) in [4.78, 5) is 0. The van der Waals surface area contributed by atoms with Gasteiger partial charge in [0.15, 0.2) is 0 Å². The molecule has 0 saturated carbocycles. The van der Waals surface area contributed by atoms with Crippen LogP contribution in [-0.4, -0.2) is 15.7 Å². The number of aryl methyl sites for hydroxylation is 1. The van der Waals surface area contributed by atoms with Gasteiger partial charge in [-0.3, -0.25) is 4.68 Å². The molecule has 0 unspecified atom stereocenters. The third-order valence-corrected chi connectivity index (χ3v) is 5.70. The molecule has 6 heteroatoms. The second kappa shape index (κ2) is 5.93. The largest absolute Gasteiger partial charge is 0.307 e. The first-order chi connectivity index (χ1) is 11.5. The zero-order valence-electron chi connectivity index (χ0n) is 13.5. The van der Waals surface area contributed by atoms with Crippen molar-refractivity contribution in [2.45, 2.75) is 38.3 Å². The van der Waals surface area contributed by atoms with Crippen LogP contribution in [0.15, 0.2) is 29.6 Å². The minimum Gasteiger partial charge on any atom is -0.307 e. The molecule has 126 valence electrons. The first-order valence-corrected chi connectivity index (χ1v) is 8.99. The fourth-order valence-electron chi connectivity index (χ4n) is 3.48. The van der Waals surface area contributed by atoms with E-state index in [0.29, 0.717) is 19.5 Å². The van der Waals surface area contributed by atoms with Crippen LogP contribution in [0.25, 0.3) is 10.1 Å². The lowest BCUT2D eigenvalue weighted by Crippen LogP contribution is -2.27. The number of thiophene rings is 1. The maximum Gasteiger partial charge on any atom is 0.252 e. The summed E-state index contributed by atoms with van der Waals surface area (Å²) in [5.41, 5.74) is 3.68. The van der Waals surface area contributed by atoms with Crippen molar-refractivity contribution < 1.29 is 8.78 Å². The normalized spacial score (nSPS) is 16.5. The van der Waals surface area contributed by atoms with Gasteiger partial charge in [0.1, 0.15) is 0 Å². The highest BCUT2D eigenvalue weighted by molar-refractivity contribution is 7.17. The van der Waals surface area contributed by atoms with Gasteiger partial charge in [0.05, 0.1) is 5.69 Å². The van der Waals surface area contributed by atoms with E-state index in [1.165, 1.54) is 15.6 Å². The van der Waals surface area contributed by atoms with E-state index in [9.17, 15) is 8.78 Å². The Kier molecular flexibility index (Phi) is 3.89. The van der Waals surface area contributed by atoms with E-state index < -0.39 is 5.92 Å². The smallest absolute Gasteiger partial charge is 0.252 e. The van der Waals surface area contributed by atoms with Gasteiger partial charge in [-0.15, -0.1) is 11.3 Å². The Morgan fingerprint density at radius 1 is 1.29 bits per heavy atom. The van der Waals surface area contributed by atoms with Crippen LogP contribution in [0.5, 0.6) is 0 Å². The lowest BCUT2D eigenvalue weighted by atomic mass is 9.92. The summed E-state index contributed by atoms with van der Waals surface area (Å²) in [6, 6.07) is 8.37. The number of nitrogens with one attached hydrogen (secondary N) is 1. The molecule has 2 aromatic heterocycles. The average Bonchev–Trinajstić information content (AvgIpc) is 3.12. The molecule has 1 aromatic carbocycles. The van der Waals surface area contributed by atoms with Crippen LogP contribution in [0.2, 0.25) is 0 Å². The number of benzene rings is 1. The Bertz CT molecular complexity index is 882. The second-order valence-corrected chi connectivity index (χ2v) is 7.30. The number of nitrogens with zero attached hydrogens (tertiary/aromatic N) is 2. The molecule has 0 bridgehead atoms. The number of hydrogen-bond donors (Lipinski definition) is 1. The fraction of sp³-hybridized carbons (Fsp3) is 0.389. The summed E-state index contributed by atoms with van der Waals surface area (Å²) < 4.78 is 30.5.